The Labute approximate surface area is 137 Å². The number of ether oxygens (including phenoxy) is 1. The largest absolute Gasteiger partial charge is 0.482 e. The first kappa shape index (κ1) is 14.3. The van der Waals surface area contributed by atoms with Crippen molar-refractivity contribution in [3.8, 4) is 5.75 Å². The molecular formula is C16H15IN2O2. The van der Waals surface area contributed by atoms with Gasteiger partial charge in [-0.1, -0.05) is 24.3 Å². The van der Waals surface area contributed by atoms with Crippen LogP contribution in [0.1, 0.15) is 17.2 Å². The zero-order valence-electron chi connectivity index (χ0n) is 11.5. The van der Waals surface area contributed by atoms with Gasteiger partial charge in [0.25, 0.3) is 5.91 Å². The second kappa shape index (κ2) is 6.03. The standard InChI is InChI=1S/C16H15IN2O2/c1-18-16(11-4-2-3-5-12(11)17)10-6-7-14-13(8-10)19-15(20)9-21-14/h2-8,16,18H,9H2,1H3,(H,19,20). The van der Waals surface area contributed by atoms with E-state index >= 15 is 0 Å². The molecule has 0 fully saturated rings. The van der Waals surface area contributed by atoms with Gasteiger partial charge in [0, 0.05) is 3.57 Å². The molecular weight excluding hydrogens is 379 g/mol. The van der Waals surface area contributed by atoms with E-state index in [0.29, 0.717) is 0 Å². The molecule has 5 heteroatoms. The minimum absolute atomic E-state index is 0.0715. The summed E-state index contributed by atoms with van der Waals surface area (Å²) in [6, 6.07) is 14.2. The van der Waals surface area contributed by atoms with E-state index in [9.17, 15) is 4.79 Å². The van der Waals surface area contributed by atoms with Gasteiger partial charge < -0.3 is 15.4 Å². The van der Waals surface area contributed by atoms with Crippen LogP contribution in [0.15, 0.2) is 42.5 Å². The lowest BCUT2D eigenvalue weighted by molar-refractivity contribution is -0.118. The van der Waals surface area contributed by atoms with Crippen molar-refractivity contribution in [2.24, 2.45) is 0 Å². The maximum Gasteiger partial charge on any atom is 0.262 e. The minimum atomic E-state index is -0.116. The molecule has 1 heterocycles. The molecule has 3 rings (SSSR count). The first-order valence-electron chi connectivity index (χ1n) is 6.67. The number of carbonyl (C=O) groups is 1. The smallest absolute Gasteiger partial charge is 0.262 e. The maximum absolute atomic E-state index is 11.4. The highest BCUT2D eigenvalue weighted by molar-refractivity contribution is 14.1. The van der Waals surface area contributed by atoms with Crippen molar-refractivity contribution in [2.75, 3.05) is 19.0 Å². The Hall–Kier alpha value is -1.60. The molecule has 1 atom stereocenters. The fourth-order valence-electron chi connectivity index (χ4n) is 2.49. The molecule has 0 bridgehead atoms. The molecule has 0 saturated carbocycles. The predicted molar refractivity (Wildman–Crippen MR) is 90.6 cm³/mol. The summed E-state index contributed by atoms with van der Waals surface area (Å²) in [5.41, 5.74) is 3.03. The van der Waals surface area contributed by atoms with Crippen molar-refractivity contribution >= 4 is 34.2 Å². The molecule has 0 aromatic heterocycles. The molecule has 21 heavy (non-hydrogen) atoms. The highest BCUT2D eigenvalue weighted by Gasteiger charge is 2.20. The summed E-state index contributed by atoms with van der Waals surface area (Å²) in [5, 5.41) is 6.19. The van der Waals surface area contributed by atoms with E-state index in [1.54, 1.807) is 0 Å². The normalized spacial score (nSPS) is 14.9. The van der Waals surface area contributed by atoms with E-state index in [2.05, 4.69) is 45.4 Å². The third-order valence-electron chi connectivity index (χ3n) is 3.47. The zero-order chi connectivity index (χ0) is 14.8. The van der Waals surface area contributed by atoms with Crippen LogP contribution < -0.4 is 15.4 Å². The van der Waals surface area contributed by atoms with Gasteiger partial charge in [0.15, 0.2) is 6.61 Å². The monoisotopic (exact) mass is 394 g/mol. The Bertz CT molecular complexity index is 688. The van der Waals surface area contributed by atoms with Crippen molar-refractivity contribution in [2.45, 2.75) is 6.04 Å². The molecule has 4 nitrogen and oxygen atoms in total. The Kier molecular flexibility index (Phi) is 4.12. The van der Waals surface area contributed by atoms with Gasteiger partial charge in [-0.25, -0.2) is 0 Å². The molecule has 0 spiro atoms. The lowest BCUT2D eigenvalue weighted by Crippen LogP contribution is -2.26. The van der Waals surface area contributed by atoms with Crippen molar-refractivity contribution in [1.82, 2.24) is 5.32 Å². The highest BCUT2D eigenvalue weighted by atomic mass is 127. The molecule has 1 aliphatic rings. The summed E-state index contributed by atoms with van der Waals surface area (Å²) in [5.74, 6) is 0.603. The molecule has 0 saturated heterocycles. The number of hydrogen-bond donors (Lipinski definition) is 2. The van der Waals surface area contributed by atoms with Gasteiger partial charge in [0.05, 0.1) is 11.7 Å². The third kappa shape index (κ3) is 2.89. The van der Waals surface area contributed by atoms with Crippen molar-refractivity contribution in [1.29, 1.82) is 0 Å². The molecule has 108 valence electrons. The number of halogens is 1. The summed E-state index contributed by atoms with van der Waals surface area (Å²) in [7, 11) is 1.93. The number of benzene rings is 2. The van der Waals surface area contributed by atoms with Crippen LogP contribution in [0.4, 0.5) is 5.69 Å². The number of amides is 1. The van der Waals surface area contributed by atoms with Crippen LogP contribution >= 0.6 is 22.6 Å². The molecule has 0 aliphatic carbocycles. The van der Waals surface area contributed by atoms with Crippen LogP contribution in [-0.2, 0) is 4.79 Å². The summed E-state index contributed by atoms with van der Waals surface area (Å²) < 4.78 is 6.60. The Morgan fingerprint density at radius 3 is 2.86 bits per heavy atom. The van der Waals surface area contributed by atoms with Gasteiger partial charge in [0.1, 0.15) is 5.75 Å². The SMILES string of the molecule is CNC(c1ccc2c(c1)NC(=O)CO2)c1ccccc1I. The maximum atomic E-state index is 11.4. The quantitative estimate of drug-likeness (QED) is 0.788. The van der Waals surface area contributed by atoms with Crippen LogP contribution in [0.3, 0.4) is 0 Å². The topological polar surface area (TPSA) is 50.4 Å². The number of carbonyl (C=O) groups excluding carboxylic acids is 1. The van der Waals surface area contributed by atoms with E-state index in [1.807, 2.05) is 37.4 Å². The number of anilines is 1. The van der Waals surface area contributed by atoms with Crippen LogP contribution in [-0.4, -0.2) is 19.6 Å². The molecule has 2 N–H and O–H groups in total. The van der Waals surface area contributed by atoms with Crippen LogP contribution in [0.5, 0.6) is 5.75 Å². The Morgan fingerprint density at radius 2 is 2.10 bits per heavy atom. The fourth-order valence-corrected chi connectivity index (χ4v) is 3.19. The van der Waals surface area contributed by atoms with Crippen molar-refractivity contribution in [3.63, 3.8) is 0 Å². The lowest BCUT2D eigenvalue weighted by atomic mass is 9.98. The van der Waals surface area contributed by atoms with E-state index in [1.165, 1.54) is 9.13 Å². The van der Waals surface area contributed by atoms with E-state index in [0.717, 1.165) is 17.0 Å². The molecule has 2 aromatic rings. The van der Waals surface area contributed by atoms with Gasteiger partial charge in [0.2, 0.25) is 0 Å². The molecule has 1 aliphatic heterocycles. The summed E-state index contributed by atoms with van der Waals surface area (Å²) >= 11 is 2.34. The molecule has 0 radical (unpaired) electrons. The summed E-state index contributed by atoms with van der Waals surface area (Å²) in [6.45, 7) is 0.0817. The van der Waals surface area contributed by atoms with Crippen molar-refractivity contribution < 1.29 is 9.53 Å². The number of nitrogens with one attached hydrogen (secondary N) is 2. The van der Waals surface area contributed by atoms with Gasteiger partial charge in [-0.3, -0.25) is 4.79 Å². The summed E-state index contributed by atoms with van der Waals surface area (Å²) in [6.07, 6.45) is 0. The van der Waals surface area contributed by atoms with Gasteiger partial charge >= 0.3 is 0 Å². The zero-order valence-corrected chi connectivity index (χ0v) is 13.7. The predicted octanol–water partition coefficient (Wildman–Crippen LogP) is 2.93. The molecule has 1 amide bonds. The number of rotatable bonds is 3. The average Bonchev–Trinajstić information content (AvgIpc) is 2.49. The van der Waals surface area contributed by atoms with E-state index in [-0.39, 0.29) is 18.6 Å². The average molecular weight is 394 g/mol. The first-order valence-corrected chi connectivity index (χ1v) is 7.75. The van der Waals surface area contributed by atoms with Crippen molar-refractivity contribution in [3.05, 3.63) is 57.2 Å². The van der Waals surface area contributed by atoms with Gasteiger partial charge in [-0.05, 0) is 59.0 Å². The fraction of sp³-hybridized carbons (Fsp3) is 0.188. The van der Waals surface area contributed by atoms with Gasteiger partial charge in [-0.15, -0.1) is 0 Å². The van der Waals surface area contributed by atoms with Crippen LogP contribution in [0, 0.1) is 3.57 Å². The number of hydrogen-bond acceptors (Lipinski definition) is 3. The van der Waals surface area contributed by atoms with Gasteiger partial charge in [-0.2, -0.15) is 0 Å². The Morgan fingerprint density at radius 1 is 1.29 bits per heavy atom. The highest BCUT2D eigenvalue weighted by Crippen LogP contribution is 2.33. The van der Waals surface area contributed by atoms with E-state index in [4.69, 9.17) is 4.74 Å². The third-order valence-corrected chi connectivity index (χ3v) is 4.46. The number of fused-ring (bicyclic) bond motifs is 1. The van der Waals surface area contributed by atoms with Crippen LogP contribution in [0.2, 0.25) is 0 Å². The molecule has 2 aromatic carbocycles. The Balaban J connectivity index is 2.00. The summed E-state index contributed by atoms with van der Waals surface area (Å²) in [4.78, 5) is 11.4. The molecule has 1 unspecified atom stereocenters. The van der Waals surface area contributed by atoms with E-state index < -0.39 is 0 Å². The van der Waals surface area contributed by atoms with Crippen LogP contribution in [0.25, 0.3) is 0 Å². The second-order valence-corrected chi connectivity index (χ2v) is 6.00. The minimum Gasteiger partial charge on any atom is -0.482 e. The first-order chi connectivity index (χ1) is 10.2. The lowest BCUT2D eigenvalue weighted by Gasteiger charge is -2.23. The second-order valence-electron chi connectivity index (χ2n) is 4.84.